The summed E-state index contributed by atoms with van der Waals surface area (Å²) in [4.78, 5) is 11.4. The Morgan fingerprint density at radius 3 is 2.77 bits per heavy atom. The van der Waals surface area contributed by atoms with Gasteiger partial charge in [-0.25, -0.2) is 4.79 Å². The lowest BCUT2D eigenvalue weighted by molar-refractivity contribution is 0.0600. The molecule has 114 valence electrons. The van der Waals surface area contributed by atoms with Gasteiger partial charge >= 0.3 is 5.97 Å². The first-order valence-electron chi connectivity index (χ1n) is 7.40. The average Bonchev–Trinajstić information content (AvgIpc) is 2.59. The summed E-state index contributed by atoms with van der Waals surface area (Å²) >= 11 is 0. The third-order valence-corrected chi connectivity index (χ3v) is 3.89. The molecule has 4 nitrogen and oxygen atoms in total. The largest absolute Gasteiger partial charge is 0.493 e. The SMILES string of the molecule is COC(=O)c1ccc(CNC2CCOc3ccccc32)cc1. The lowest BCUT2D eigenvalue weighted by atomic mass is 10.0. The van der Waals surface area contributed by atoms with Crippen molar-refractivity contribution in [1.29, 1.82) is 0 Å². The number of carbonyl (C=O) groups is 1. The quantitative estimate of drug-likeness (QED) is 0.881. The highest BCUT2D eigenvalue weighted by Gasteiger charge is 2.20. The van der Waals surface area contributed by atoms with E-state index in [0.29, 0.717) is 11.6 Å². The summed E-state index contributed by atoms with van der Waals surface area (Å²) in [5.74, 6) is 0.658. The Hall–Kier alpha value is -2.33. The molecule has 1 atom stereocenters. The zero-order valence-corrected chi connectivity index (χ0v) is 12.5. The van der Waals surface area contributed by atoms with Gasteiger partial charge < -0.3 is 14.8 Å². The third-order valence-electron chi connectivity index (χ3n) is 3.89. The summed E-state index contributed by atoms with van der Waals surface area (Å²) in [6, 6.07) is 15.9. The monoisotopic (exact) mass is 297 g/mol. The van der Waals surface area contributed by atoms with E-state index in [9.17, 15) is 4.79 Å². The molecule has 22 heavy (non-hydrogen) atoms. The predicted molar refractivity (Wildman–Crippen MR) is 83.9 cm³/mol. The number of fused-ring (bicyclic) bond motifs is 1. The summed E-state index contributed by atoms with van der Waals surface area (Å²) in [5.41, 5.74) is 2.92. The number of rotatable bonds is 4. The van der Waals surface area contributed by atoms with Crippen LogP contribution in [0.3, 0.4) is 0 Å². The van der Waals surface area contributed by atoms with Crippen LogP contribution in [0.1, 0.15) is 33.9 Å². The standard InChI is InChI=1S/C18H19NO3/c1-21-18(20)14-8-6-13(7-9-14)12-19-16-10-11-22-17-5-3-2-4-15(16)17/h2-9,16,19H,10-12H2,1H3. The maximum Gasteiger partial charge on any atom is 0.337 e. The average molecular weight is 297 g/mol. The van der Waals surface area contributed by atoms with E-state index in [1.807, 2.05) is 30.3 Å². The molecule has 1 N–H and O–H groups in total. The fourth-order valence-electron chi connectivity index (χ4n) is 2.67. The molecular weight excluding hydrogens is 278 g/mol. The third kappa shape index (κ3) is 3.12. The van der Waals surface area contributed by atoms with Crippen molar-refractivity contribution in [3.05, 3.63) is 65.2 Å². The topological polar surface area (TPSA) is 47.6 Å². The highest BCUT2D eigenvalue weighted by molar-refractivity contribution is 5.89. The van der Waals surface area contributed by atoms with Gasteiger partial charge in [-0.15, -0.1) is 0 Å². The second-order valence-electron chi connectivity index (χ2n) is 5.30. The van der Waals surface area contributed by atoms with Crippen LogP contribution >= 0.6 is 0 Å². The molecule has 0 spiro atoms. The molecule has 0 fully saturated rings. The van der Waals surface area contributed by atoms with Gasteiger partial charge in [0.2, 0.25) is 0 Å². The fourth-order valence-corrected chi connectivity index (χ4v) is 2.67. The number of para-hydroxylation sites is 1. The van der Waals surface area contributed by atoms with Crippen LogP contribution in [0.4, 0.5) is 0 Å². The number of carbonyl (C=O) groups excluding carboxylic acids is 1. The van der Waals surface area contributed by atoms with Crippen LogP contribution in [-0.2, 0) is 11.3 Å². The molecule has 0 amide bonds. The number of ether oxygens (including phenoxy) is 2. The lowest BCUT2D eigenvalue weighted by Crippen LogP contribution is -2.26. The highest BCUT2D eigenvalue weighted by Crippen LogP contribution is 2.31. The summed E-state index contributed by atoms with van der Waals surface area (Å²) < 4.78 is 10.4. The van der Waals surface area contributed by atoms with Crippen LogP contribution in [-0.4, -0.2) is 19.7 Å². The molecule has 2 aromatic carbocycles. The summed E-state index contributed by atoms with van der Waals surface area (Å²) in [6.07, 6.45) is 0.956. The number of hydrogen-bond acceptors (Lipinski definition) is 4. The van der Waals surface area contributed by atoms with E-state index in [2.05, 4.69) is 11.4 Å². The van der Waals surface area contributed by atoms with Crippen LogP contribution in [0.25, 0.3) is 0 Å². The molecular formula is C18H19NO3. The zero-order chi connectivity index (χ0) is 15.4. The minimum atomic E-state index is -0.308. The Morgan fingerprint density at radius 1 is 1.23 bits per heavy atom. The Balaban J connectivity index is 1.65. The second-order valence-corrected chi connectivity index (χ2v) is 5.30. The van der Waals surface area contributed by atoms with E-state index >= 15 is 0 Å². The molecule has 1 heterocycles. The summed E-state index contributed by atoms with van der Waals surface area (Å²) in [5, 5.41) is 3.56. The van der Waals surface area contributed by atoms with E-state index in [-0.39, 0.29) is 5.97 Å². The maximum absolute atomic E-state index is 11.4. The Morgan fingerprint density at radius 2 is 2.00 bits per heavy atom. The van der Waals surface area contributed by atoms with Crippen molar-refractivity contribution >= 4 is 5.97 Å². The van der Waals surface area contributed by atoms with Crippen molar-refractivity contribution in [2.45, 2.75) is 19.0 Å². The van der Waals surface area contributed by atoms with Crippen molar-refractivity contribution in [3.8, 4) is 5.75 Å². The first kappa shape index (κ1) is 14.6. The molecule has 1 unspecified atom stereocenters. The van der Waals surface area contributed by atoms with Crippen LogP contribution in [0.15, 0.2) is 48.5 Å². The van der Waals surface area contributed by atoms with Crippen molar-refractivity contribution in [1.82, 2.24) is 5.32 Å². The second kappa shape index (κ2) is 6.62. The highest BCUT2D eigenvalue weighted by atomic mass is 16.5. The minimum Gasteiger partial charge on any atom is -0.493 e. The Labute approximate surface area is 130 Å². The molecule has 4 heteroatoms. The lowest BCUT2D eigenvalue weighted by Gasteiger charge is -2.26. The molecule has 0 aromatic heterocycles. The smallest absolute Gasteiger partial charge is 0.337 e. The van der Waals surface area contributed by atoms with E-state index in [1.54, 1.807) is 12.1 Å². The van der Waals surface area contributed by atoms with Gasteiger partial charge in [0, 0.05) is 24.6 Å². The van der Waals surface area contributed by atoms with Gasteiger partial charge in [0.05, 0.1) is 19.3 Å². The summed E-state index contributed by atoms with van der Waals surface area (Å²) in [7, 11) is 1.39. The van der Waals surface area contributed by atoms with Crippen molar-refractivity contribution in [2.75, 3.05) is 13.7 Å². The van der Waals surface area contributed by atoms with Gasteiger partial charge in [0.25, 0.3) is 0 Å². The molecule has 2 aromatic rings. The Bertz CT molecular complexity index is 652. The Kier molecular flexibility index (Phi) is 4.39. The van der Waals surface area contributed by atoms with Crippen molar-refractivity contribution in [2.24, 2.45) is 0 Å². The van der Waals surface area contributed by atoms with Crippen molar-refractivity contribution < 1.29 is 14.3 Å². The number of methoxy groups -OCH3 is 1. The van der Waals surface area contributed by atoms with Gasteiger partial charge in [-0.1, -0.05) is 30.3 Å². The van der Waals surface area contributed by atoms with E-state index in [1.165, 1.54) is 12.7 Å². The number of nitrogens with one attached hydrogen (secondary N) is 1. The number of hydrogen-bond donors (Lipinski definition) is 1. The van der Waals surface area contributed by atoms with Gasteiger partial charge in [0.1, 0.15) is 5.75 Å². The molecule has 0 aliphatic carbocycles. The van der Waals surface area contributed by atoms with Gasteiger partial charge in [-0.2, -0.15) is 0 Å². The van der Waals surface area contributed by atoms with Crippen molar-refractivity contribution in [3.63, 3.8) is 0 Å². The van der Waals surface area contributed by atoms with Crippen LogP contribution in [0.5, 0.6) is 5.75 Å². The fraction of sp³-hybridized carbons (Fsp3) is 0.278. The van der Waals surface area contributed by atoms with Gasteiger partial charge in [0.15, 0.2) is 0 Å². The molecule has 0 saturated carbocycles. The maximum atomic E-state index is 11.4. The zero-order valence-electron chi connectivity index (χ0n) is 12.5. The number of benzene rings is 2. The van der Waals surface area contributed by atoms with Crippen LogP contribution in [0.2, 0.25) is 0 Å². The molecule has 3 rings (SSSR count). The normalized spacial score (nSPS) is 16.5. The van der Waals surface area contributed by atoms with Gasteiger partial charge in [-0.05, 0) is 23.8 Å². The molecule has 0 bridgehead atoms. The van der Waals surface area contributed by atoms with E-state index in [4.69, 9.17) is 9.47 Å². The molecule has 1 aliphatic heterocycles. The molecule has 1 aliphatic rings. The summed E-state index contributed by atoms with van der Waals surface area (Å²) in [6.45, 7) is 1.48. The minimum absolute atomic E-state index is 0.297. The van der Waals surface area contributed by atoms with E-state index in [0.717, 1.165) is 30.9 Å². The molecule has 0 saturated heterocycles. The first-order chi connectivity index (χ1) is 10.8. The molecule has 0 radical (unpaired) electrons. The predicted octanol–water partition coefficient (Wildman–Crippen LogP) is 3.09. The van der Waals surface area contributed by atoms with E-state index < -0.39 is 0 Å². The number of esters is 1. The van der Waals surface area contributed by atoms with Crippen LogP contribution < -0.4 is 10.1 Å². The first-order valence-corrected chi connectivity index (χ1v) is 7.40. The van der Waals surface area contributed by atoms with Gasteiger partial charge in [-0.3, -0.25) is 0 Å². The van der Waals surface area contributed by atoms with Crippen LogP contribution in [0, 0.1) is 0 Å².